The Labute approximate surface area is 173 Å². The lowest BCUT2D eigenvalue weighted by atomic mass is 10.1. The van der Waals surface area contributed by atoms with Crippen molar-refractivity contribution in [3.05, 3.63) is 66.1 Å². The van der Waals surface area contributed by atoms with Gasteiger partial charge in [-0.15, -0.1) is 11.8 Å². The molecule has 0 bridgehead atoms. The third kappa shape index (κ3) is 4.32. The largest absolute Gasteiger partial charge is 0.423 e. The van der Waals surface area contributed by atoms with Gasteiger partial charge in [-0.3, -0.25) is 4.98 Å². The van der Waals surface area contributed by atoms with E-state index in [0.29, 0.717) is 23.9 Å². The molecule has 0 aliphatic carbocycles. The lowest BCUT2D eigenvalue weighted by Gasteiger charge is -2.11. The molecular weight excluding hydrogens is 384 g/mol. The second-order valence-corrected chi connectivity index (χ2v) is 7.63. The van der Waals surface area contributed by atoms with Crippen LogP contribution >= 0.6 is 11.8 Å². The zero-order valence-electron chi connectivity index (χ0n) is 16.5. The summed E-state index contributed by atoms with van der Waals surface area (Å²) in [5.41, 5.74) is 2.83. The number of anilines is 1. The molecule has 4 aromatic rings. The van der Waals surface area contributed by atoms with Crippen molar-refractivity contribution in [2.24, 2.45) is 0 Å². The lowest BCUT2D eigenvalue weighted by molar-refractivity contribution is 0.439. The predicted octanol–water partition coefficient (Wildman–Crippen LogP) is 4.77. The van der Waals surface area contributed by atoms with Crippen molar-refractivity contribution in [2.45, 2.75) is 31.2 Å². The third-order valence-corrected chi connectivity index (χ3v) is 5.22. The van der Waals surface area contributed by atoms with Gasteiger partial charge in [-0.2, -0.15) is 19.6 Å². The van der Waals surface area contributed by atoms with E-state index in [1.54, 1.807) is 28.7 Å². The van der Waals surface area contributed by atoms with Gasteiger partial charge in [-0.1, -0.05) is 32.0 Å². The molecule has 0 spiro atoms. The van der Waals surface area contributed by atoms with Gasteiger partial charge in [0.25, 0.3) is 0 Å². The highest BCUT2D eigenvalue weighted by molar-refractivity contribution is 7.98. The Balaban J connectivity index is 1.69. The molecule has 0 radical (unpaired) electrons. The standard InChI is InChI=1S/C21H22N6OS/c1-14(2)17-11-19-24-21(28-16-8-6-10-22-13-16)25-20(27(19)26-17)23-12-15-7-4-5-9-18(15)29-3/h4-11,13-14H,12H2,1-3H3,(H,23,24,25). The van der Waals surface area contributed by atoms with Crippen molar-refractivity contribution in [3.63, 3.8) is 0 Å². The summed E-state index contributed by atoms with van der Waals surface area (Å²) < 4.78 is 7.55. The van der Waals surface area contributed by atoms with Crippen molar-refractivity contribution in [2.75, 3.05) is 11.6 Å². The van der Waals surface area contributed by atoms with Gasteiger partial charge in [0.2, 0.25) is 5.95 Å². The Hall–Kier alpha value is -3.13. The maximum Gasteiger partial charge on any atom is 0.327 e. The summed E-state index contributed by atoms with van der Waals surface area (Å²) in [5.74, 6) is 1.44. The Morgan fingerprint density at radius 3 is 2.76 bits per heavy atom. The molecule has 7 nitrogen and oxygen atoms in total. The smallest absolute Gasteiger partial charge is 0.327 e. The van der Waals surface area contributed by atoms with E-state index in [0.717, 1.165) is 5.69 Å². The number of nitrogens with zero attached hydrogens (tertiary/aromatic N) is 5. The summed E-state index contributed by atoms with van der Waals surface area (Å²) in [5, 5.41) is 8.07. The van der Waals surface area contributed by atoms with E-state index in [9.17, 15) is 0 Å². The monoisotopic (exact) mass is 406 g/mol. The highest BCUT2D eigenvalue weighted by Crippen LogP contribution is 2.24. The minimum absolute atomic E-state index is 0.251. The summed E-state index contributed by atoms with van der Waals surface area (Å²) in [4.78, 5) is 14.4. The molecule has 8 heteroatoms. The van der Waals surface area contributed by atoms with E-state index in [-0.39, 0.29) is 11.9 Å². The van der Waals surface area contributed by atoms with Crippen molar-refractivity contribution >= 4 is 23.4 Å². The fourth-order valence-electron chi connectivity index (χ4n) is 2.86. The number of aromatic nitrogens is 5. The quantitative estimate of drug-likeness (QED) is 0.443. The lowest BCUT2D eigenvalue weighted by Crippen LogP contribution is -2.10. The summed E-state index contributed by atoms with van der Waals surface area (Å²) >= 11 is 1.72. The van der Waals surface area contributed by atoms with Crippen LogP contribution in [-0.4, -0.2) is 30.8 Å². The molecule has 4 rings (SSSR count). The molecule has 0 unspecified atom stereocenters. The molecule has 0 amide bonds. The van der Waals surface area contributed by atoms with Crippen LogP contribution < -0.4 is 10.1 Å². The summed E-state index contributed by atoms with van der Waals surface area (Å²) in [7, 11) is 0. The first-order valence-electron chi connectivity index (χ1n) is 9.35. The average molecular weight is 407 g/mol. The van der Waals surface area contributed by atoms with Crippen LogP contribution in [0.4, 0.5) is 5.95 Å². The molecule has 148 valence electrons. The number of thioether (sulfide) groups is 1. The number of benzene rings is 1. The van der Waals surface area contributed by atoms with Gasteiger partial charge in [0, 0.05) is 23.7 Å². The maximum absolute atomic E-state index is 5.82. The van der Waals surface area contributed by atoms with Crippen LogP contribution in [-0.2, 0) is 6.54 Å². The van der Waals surface area contributed by atoms with Crippen molar-refractivity contribution < 1.29 is 4.74 Å². The zero-order valence-corrected chi connectivity index (χ0v) is 17.3. The first-order valence-corrected chi connectivity index (χ1v) is 10.6. The zero-order chi connectivity index (χ0) is 20.2. The minimum atomic E-state index is 0.251. The normalized spacial score (nSPS) is 11.2. The van der Waals surface area contributed by atoms with Gasteiger partial charge in [0.15, 0.2) is 5.65 Å². The second kappa shape index (κ2) is 8.48. The van der Waals surface area contributed by atoms with Gasteiger partial charge in [-0.25, -0.2) is 0 Å². The minimum Gasteiger partial charge on any atom is -0.423 e. The van der Waals surface area contributed by atoms with Crippen LogP contribution in [0.2, 0.25) is 0 Å². The number of rotatable bonds is 7. The molecule has 0 atom stereocenters. The fourth-order valence-corrected chi connectivity index (χ4v) is 3.48. The molecule has 0 aliphatic rings. The average Bonchev–Trinajstić information content (AvgIpc) is 3.18. The van der Waals surface area contributed by atoms with Crippen LogP contribution in [0.3, 0.4) is 0 Å². The van der Waals surface area contributed by atoms with E-state index >= 15 is 0 Å². The maximum atomic E-state index is 5.82. The molecular formula is C21H22N6OS. The van der Waals surface area contributed by atoms with Crippen molar-refractivity contribution in [1.29, 1.82) is 0 Å². The number of hydrogen-bond acceptors (Lipinski definition) is 7. The van der Waals surface area contributed by atoms with Crippen LogP contribution in [0.25, 0.3) is 5.65 Å². The highest BCUT2D eigenvalue weighted by atomic mass is 32.2. The number of hydrogen-bond donors (Lipinski definition) is 1. The van der Waals surface area contributed by atoms with E-state index in [4.69, 9.17) is 4.74 Å². The number of fused-ring (bicyclic) bond motifs is 1. The van der Waals surface area contributed by atoms with Gasteiger partial charge in [0.1, 0.15) is 5.75 Å². The Morgan fingerprint density at radius 1 is 1.14 bits per heavy atom. The van der Waals surface area contributed by atoms with Gasteiger partial charge in [0.05, 0.1) is 11.9 Å². The Kier molecular flexibility index (Phi) is 5.62. The van der Waals surface area contributed by atoms with E-state index < -0.39 is 0 Å². The molecule has 1 N–H and O–H groups in total. The molecule has 0 saturated heterocycles. The van der Waals surface area contributed by atoms with Crippen LogP contribution in [0.15, 0.2) is 59.8 Å². The van der Waals surface area contributed by atoms with Crippen LogP contribution in [0.5, 0.6) is 11.8 Å². The first-order chi connectivity index (χ1) is 14.1. The molecule has 3 heterocycles. The Morgan fingerprint density at radius 2 is 2.00 bits per heavy atom. The van der Waals surface area contributed by atoms with E-state index in [1.807, 2.05) is 30.3 Å². The number of nitrogens with one attached hydrogen (secondary N) is 1. The van der Waals surface area contributed by atoms with E-state index in [2.05, 4.69) is 57.6 Å². The fraction of sp³-hybridized carbons (Fsp3) is 0.238. The van der Waals surface area contributed by atoms with Gasteiger partial charge in [-0.05, 0) is 35.9 Å². The molecule has 0 fully saturated rings. The summed E-state index contributed by atoms with van der Waals surface area (Å²) in [6.45, 7) is 4.82. The second-order valence-electron chi connectivity index (χ2n) is 6.78. The SMILES string of the molecule is CSc1ccccc1CNc1nc(Oc2cccnc2)nc2cc(C(C)C)nn12. The summed E-state index contributed by atoms with van der Waals surface area (Å²) in [6.07, 6.45) is 5.40. The van der Waals surface area contributed by atoms with Crippen molar-refractivity contribution in [1.82, 2.24) is 24.6 Å². The number of ether oxygens (including phenoxy) is 1. The van der Waals surface area contributed by atoms with Gasteiger partial charge >= 0.3 is 6.01 Å². The van der Waals surface area contributed by atoms with E-state index in [1.165, 1.54) is 10.5 Å². The summed E-state index contributed by atoms with van der Waals surface area (Å²) in [6, 6.07) is 14.1. The third-order valence-electron chi connectivity index (χ3n) is 4.39. The van der Waals surface area contributed by atoms with Crippen LogP contribution in [0, 0.1) is 0 Å². The van der Waals surface area contributed by atoms with Crippen molar-refractivity contribution in [3.8, 4) is 11.8 Å². The molecule has 29 heavy (non-hydrogen) atoms. The topological polar surface area (TPSA) is 77.2 Å². The molecule has 0 aliphatic heterocycles. The van der Waals surface area contributed by atoms with Gasteiger partial charge < -0.3 is 10.1 Å². The first kappa shape index (κ1) is 19.2. The number of pyridine rings is 1. The molecule has 3 aromatic heterocycles. The molecule has 0 saturated carbocycles. The molecule has 1 aromatic carbocycles. The van der Waals surface area contributed by atoms with Crippen LogP contribution in [0.1, 0.15) is 31.0 Å². The highest BCUT2D eigenvalue weighted by Gasteiger charge is 2.14. The predicted molar refractivity (Wildman–Crippen MR) is 115 cm³/mol. The Bertz CT molecular complexity index is 1110.